The Morgan fingerprint density at radius 3 is 2.92 bits per heavy atom. The van der Waals surface area contributed by atoms with Gasteiger partial charge in [0.15, 0.2) is 5.78 Å². The Balaban J connectivity index is 2.54. The average Bonchev–Trinajstić information content (AvgIpc) is 2.05. The maximum absolute atomic E-state index is 11.1. The van der Waals surface area contributed by atoms with Gasteiger partial charge in [-0.15, -0.1) is 0 Å². The van der Waals surface area contributed by atoms with Crippen LogP contribution < -0.4 is 0 Å². The molecule has 1 rings (SSSR count). The van der Waals surface area contributed by atoms with Crippen molar-refractivity contribution in [1.82, 2.24) is 0 Å². The summed E-state index contributed by atoms with van der Waals surface area (Å²) >= 11 is 2.39. The standard InChI is InChI=1S/C10H15IO/c1-8(5-6-11)9-3-2-4-10(12)7-9/h7-8H,2-6H2,1H3. The van der Waals surface area contributed by atoms with E-state index in [1.54, 1.807) is 0 Å². The van der Waals surface area contributed by atoms with Crippen molar-refractivity contribution in [3.8, 4) is 0 Å². The van der Waals surface area contributed by atoms with E-state index in [1.165, 1.54) is 16.4 Å². The molecule has 0 aromatic rings. The number of rotatable bonds is 3. The number of hydrogen-bond donors (Lipinski definition) is 0. The van der Waals surface area contributed by atoms with E-state index in [-0.39, 0.29) is 0 Å². The van der Waals surface area contributed by atoms with Crippen LogP contribution in [0.3, 0.4) is 0 Å². The fourth-order valence-corrected chi connectivity index (χ4v) is 2.49. The van der Waals surface area contributed by atoms with Crippen LogP contribution in [0.25, 0.3) is 0 Å². The number of halogens is 1. The van der Waals surface area contributed by atoms with Gasteiger partial charge in [-0.25, -0.2) is 0 Å². The minimum Gasteiger partial charge on any atom is -0.295 e. The van der Waals surface area contributed by atoms with E-state index in [1.807, 2.05) is 6.08 Å². The molecule has 1 atom stereocenters. The number of carbonyl (C=O) groups is 1. The van der Waals surface area contributed by atoms with Crippen molar-refractivity contribution in [2.24, 2.45) is 5.92 Å². The molecule has 2 heteroatoms. The summed E-state index contributed by atoms with van der Waals surface area (Å²) in [5.41, 5.74) is 1.38. The molecule has 1 aliphatic carbocycles. The minimum absolute atomic E-state index is 0.330. The highest BCUT2D eigenvalue weighted by atomic mass is 127. The zero-order valence-electron chi connectivity index (χ0n) is 7.48. The zero-order chi connectivity index (χ0) is 8.97. The lowest BCUT2D eigenvalue weighted by atomic mass is 9.88. The molecule has 0 radical (unpaired) electrons. The Morgan fingerprint density at radius 2 is 2.33 bits per heavy atom. The molecule has 0 spiro atoms. The second kappa shape index (κ2) is 5.00. The predicted octanol–water partition coefficient (Wildman–Crippen LogP) is 3.13. The van der Waals surface area contributed by atoms with E-state index >= 15 is 0 Å². The molecule has 68 valence electrons. The summed E-state index contributed by atoms with van der Waals surface area (Å²) in [5, 5.41) is 0. The van der Waals surface area contributed by atoms with E-state index < -0.39 is 0 Å². The molecule has 0 fully saturated rings. The third-order valence-electron chi connectivity index (χ3n) is 2.41. The fraction of sp³-hybridized carbons (Fsp3) is 0.700. The Bertz CT molecular complexity index is 196. The fourth-order valence-electron chi connectivity index (χ4n) is 1.56. The summed E-state index contributed by atoms with van der Waals surface area (Å²) in [4.78, 5) is 11.1. The first-order valence-corrected chi connectivity index (χ1v) is 6.06. The Morgan fingerprint density at radius 1 is 1.58 bits per heavy atom. The lowest BCUT2D eigenvalue weighted by Gasteiger charge is -2.17. The highest BCUT2D eigenvalue weighted by molar-refractivity contribution is 14.1. The van der Waals surface area contributed by atoms with Crippen molar-refractivity contribution in [1.29, 1.82) is 0 Å². The summed E-state index contributed by atoms with van der Waals surface area (Å²) in [7, 11) is 0. The van der Waals surface area contributed by atoms with Gasteiger partial charge in [-0.1, -0.05) is 35.1 Å². The van der Waals surface area contributed by atoms with E-state index in [9.17, 15) is 4.79 Å². The van der Waals surface area contributed by atoms with Crippen molar-refractivity contribution >= 4 is 28.4 Å². The van der Waals surface area contributed by atoms with Crippen LogP contribution in [0.5, 0.6) is 0 Å². The molecule has 0 bridgehead atoms. The van der Waals surface area contributed by atoms with Gasteiger partial charge in [0.1, 0.15) is 0 Å². The molecule has 0 aliphatic heterocycles. The summed E-state index contributed by atoms with van der Waals surface area (Å²) < 4.78 is 1.18. The smallest absolute Gasteiger partial charge is 0.155 e. The molecule has 1 aliphatic rings. The molecular formula is C10H15IO. The van der Waals surface area contributed by atoms with E-state index in [2.05, 4.69) is 29.5 Å². The van der Waals surface area contributed by atoms with Crippen LogP contribution in [0, 0.1) is 5.92 Å². The molecule has 1 nitrogen and oxygen atoms in total. The quantitative estimate of drug-likeness (QED) is 0.572. The third-order valence-corrected chi connectivity index (χ3v) is 3.03. The number of carbonyl (C=O) groups excluding carboxylic acids is 1. The molecule has 1 unspecified atom stereocenters. The maximum atomic E-state index is 11.1. The summed E-state index contributed by atoms with van der Waals surface area (Å²) in [5.74, 6) is 0.947. The third kappa shape index (κ3) is 2.88. The van der Waals surface area contributed by atoms with E-state index in [4.69, 9.17) is 0 Å². The van der Waals surface area contributed by atoms with E-state index in [0.717, 1.165) is 19.3 Å². The van der Waals surface area contributed by atoms with Crippen LogP contribution in [0.1, 0.15) is 32.6 Å². The Labute approximate surface area is 87.8 Å². The average molecular weight is 278 g/mol. The van der Waals surface area contributed by atoms with Gasteiger partial charge >= 0.3 is 0 Å². The number of allylic oxidation sites excluding steroid dienone is 2. The van der Waals surface area contributed by atoms with Crippen LogP contribution >= 0.6 is 22.6 Å². The Hall–Kier alpha value is 0.140. The van der Waals surface area contributed by atoms with Gasteiger partial charge in [0.25, 0.3) is 0 Å². The van der Waals surface area contributed by atoms with E-state index in [0.29, 0.717) is 11.7 Å². The molecule has 0 amide bonds. The van der Waals surface area contributed by atoms with Gasteiger partial charge < -0.3 is 0 Å². The number of ketones is 1. The first kappa shape index (κ1) is 10.2. The SMILES string of the molecule is CC(CCI)C1=CC(=O)CCC1. The molecule has 0 saturated carbocycles. The highest BCUT2D eigenvalue weighted by Crippen LogP contribution is 2.24. The molecule has 0 aromatic carbocycles. The molecule has 0 N–H and O–H groups in total. The molecule has 0 aromatic heterocycles. The van der Waals surface area contributed by atoms with Gasteiger partial charge in [0.2, 0.25) is 0 Å². The first-order chi connectivity index (χ1) is 5.74. The Kier molecular flexibility index (Phi) is 4.26. The van der Waals surface area contributed by atoms with Crippen LogP contribution in [0.15, 0.2) is 11.6 Å². The topological polar surface area (TPSA) is 17.1 Å². The van der Waals surface area contributed by atoms with Crippen LogP contribution in [0.2, 0.25) is 0 Å². The molecule has 0 heterocycles. The van der Waals surface area contributed by atoms with Gasteiger partial charge in [-0.3, -0.25) is 4.79 Å². The highest BCUT2D eigenvalue weighted by Gasteiger charge is 2.14. The lowest BCUT2D eigenvalue weighted by molar-refractivity contribution is -0.115. The second-order valence-electron chi connectivity index (χ2n) is 3.42. The monoisotopic (exact) mass is 278 g/mol. The van der Waals surface area contributed by atoms with Gasteiger partial charge in [-0.2, -0.15) is 0 Å². The summed E-state index contributed by atoms with van der Waals surface area (Å²) in [6.07, 6.45) is 6.06. The zero-order valence-corrected chi connectivity index (χ0v) is 9.63. The number of hydrogen-bond acceptors (Lipinski definition) is 1. The van der Waals surface area contributed by atoms with Crippen molar-refractivity contribution in [2.75, 3.05) is 4.43 Å². The first-order valence-electron chi connectivity index (χ1n) is 4.53. The van der Waals surface area contributed by atoms with Crippen molar-refractivity contribution in [3.63, 3.8) is 0 Å². The van der Waals surface area contributed by atoms with Crippen LogP contribution in [0.4, 0.5) is 0 Å². The molecular weight excluding hydrogens is 263 g/mol. The lowest BCUT2D eigenvalue weighted by Crippen LogP contribution is -2.09. The van der Waals surface area contributed by atoms with Crippen molar-refractivity contribution in [3.05, 3.63) is 11.6 Å². The summed E-state index contributed by atoms with van der Waals surface area (Å²) in [6.45, 7) is 2.23. The minimum atomic E-state index is 0.330. The normalized spacial score (nSPS) is 20.5. The van der Waals surface area contributed by atoms with Crippen LogP contribution in [-0.2, 0) is 4.79 Å². The molecule has 12 heavy (non-hydrogen) atoms. The van der Waals surface area contributed by atoms with Gasteiger partial charge in [0, 0.05) is 10.8 Å². The van der Waals surface area contributed by atoms with Crippen molar-refractivity contribution in [2.45, 2.75) is 32.6 Å². The largest absolute Gasteiger partial charge is 0.295 e. The van der Waals surface area contributed by atoms with Gasteiger partial charge in [-0.05, 0) is 31.3 Å². The maximum Gasteiger partial charge on any atom is 0.155 e. The predicted molar refractivity (Wildman–Crippen MR) is 59.6 cm³/mol. The second-order valence-corrected chi connectivity index (χ2v) is 4.50. The van der Waals surface area contributed by atoms with Crippen molar-refractivity contribution < 1.29 is 4.79 Å². The number of alkyl halides is 1. The van der Waals surface area contributed by atoms with Crippen LogP contribution in [-0.4, -0.2) is 10.2 Å². The van der Waals surface area contributed by atoms with Gasteiger partial charge in [0.05, 0.1) is 0 Å². The summed E-state index contributed by atoms with van der Waals surface area (Å²) in [6, 6.07) is 0. The molecule has 0 saturated heterocycles.